The maximum absolute atomic E-state index is 11.9. The van der Waals surface area contributed by atoms with E-state index in [0.29, 0.717) is 26.3 Å². The number of hydrogen-bond acceptors (Lipinski definition) is 2. The van der Waals surface area contributed by atoms with Gasteiger partial charge in [-0.2, -0.15) is 0 Å². The van der Waals surface area contributed by atoms with E-state index in [-0.39, 0.29) is 5.91 Å². The third-order valence-corrected chi connectivity index (χ3v) is 2.46. The van der Waals surface area contributed by atoms with Crippen molar-refractivity contribution in [2.24, 2.45) is 7.05 Å². The topological polar surface area (TPSA) is 34.5 Å². The molecule has 2 rings (SSSR count). The van der Waals surface area contributed by atoms with E-state index in [0.717, 1.165) is 5.69 Å². The number of carbonyl (C=O) groups is 1. The first kappa shape index (κ1) is 9.27. The summed E-state index contributed by atoms with van der Waals surface area (Å²) in [5.41, 5.74) is 0.743. The number of ether oxygens (including phenoxy) is 1. The lowest BCUT2D eigenvalue weighted by Crippen LogP contribution is -2.41. The Morgan fingerprint density at radius 1 is 1.43 bits per heavy atom. The van der Waals surface area contributed by atoms with Crippen LogP contribution in [-0.2, 0) is 11.8 Å². The number of amides is 1. The molecular formula is C10H14N2O2. The summed E-state index contributed by atoms with van der Waals surface area (Å²) >= 11 is 0. The standard InChI is InChI=1S/C10H14N2O2/c1-11-4-2-3-9(11)10(13)12-5-7-14-8-6-12/h2-4H,5-8H2,1H3. The van der Waals surface area contributed by atoms with E-state index in [1.165, 1.54) is 0 Å². The summed E-state index contributed by atoms with van der Waals surface area (Å²) in [6, 6.07) is 3.73. The molecule has 4 nitrogen and oxygen atoms in total. The van der Waals surface area contributed by atoms with Crippen molar-refractivity contribution in [1.29, 1.82) is 0 Å². The Morgan fingerprint density at radius 2 is 2.14 bits per heavy atom. The SMILES string of the molecule is Cn1cccc1C(=O)N1CCOCC1. The Labute approximate surface area is 83.1 Å². The predicted octanol–water partition coefficient (Wildman–Crippen LogP) is 0.498. The first-order valence-corrected chi connectivity index (χ1v) is 4.77. The Hall–Kier alpha value is -1.29. The van der Waals surface area contributed by atoms with Crippen LogP contribution < -0.4 is 0 Å². The van der Waals surface area contributed by atoms with Crippen LogP contribution in [0, 0.1) is 0 Å². The monoisotopic (exact) mass is 194 g/mol. The zero-order valence-electron chi connectivity index (χ0n) is 8.27. The molecule has 1 fully saturated rings. The Morgan fingerprint density at radius 3 is 2.71 bits per heavy atom. The average Bonchev–Trinajstić information content (AvgIpc) is 2.65. The number of rotatable bonds is 1. The summed E-state index contributed by atoms with van der Waals surface area (Å²) in [6.07, 6.45) is 1.88. The zero-order chi connectivity index (χ0) is 9.97. The van der Waals surface area contributed by atoms with Crippen molar-refractivity contribution in [1.82, 2.24) is 9.47 Å². The largest absolute Gasteiger partial charge is 0.378 e. The molecule has 0 bridgehead atoms. The van der Waals surface area contributed by atoms with Gasteiger partial charge in [0.05, 0.1) is 13.2 Å². The van der Waals surface area contributed by atoms with Crippen molar-refractivity contribution < 1.29 is 9.53 Å². The van der Waals surface area contributed by atoms with Gasteiger partial charge in [0.15, 0.2) is 0 Å². The number of morpholine rings is 1. The van der Waals surface area contributed by atoms with Crippen LogP contribution in [0.3, 0.4) is 0 Å². The summed E-state index contributed by atoms with van der Waals surface area (Å²) in [5, 5.41) is 0. The molecule has 0 spiro atoms. The molecule has 2 heterocycles. The number of carbonyl (C=O) groups excluding carboxylic acids is 1. The summed E-state index contributed by atoms with van der Waals surface area (Å²) in [7, 11) is 1.88. The second-order valence-electron chi connectivity index (χ2n) is 3.41. The van der Waals surface area contributed by atoms with Gasteiger partial charge < -0.3 is 14.2 Å². The Kier molecular flexibility index (Phi) is 2.54. The molecule has 1 amide bonds. The lowest BCUT2D eigenvalue weighted by Gasteiger charge is -2.26. The van der Waals surface area contributed by atoms with Gasteiger partial charge in [0.25, 0.3) is 5.91 Å². The van der Waals surface area contributed by atoms with Crippen LogP contribution in [0.1, 0.15) is 10.5 Å². The summed E-state index contributed by atoms with van der Waals surface area (Å²) in [4.78, 5) is 13.8. The highest BCUT2D eigenvalue weighted by Gasteiger charge is 2.19. The molecule has 14 heavy (non-hydrogen) atoms. The highest BCUT2D eigenvalue weighted by Crippen LogP contribution is 2.07. The first-order chi connectivity index (χ1) is 6.79. The maximum Gasteiger partial charge on any atom is 0.270 e. The molecule has 1 aliphatic heterocycles. The molecule has 1 aromatic rings. The van der Waals surface area contributed by atoms with Crippen LogP contribution in [-0.4, -0.2) is 41.7 Å². The second-order valence-corrected chi connectivity index (χ2v) is 3.41. The van der Waals surface area contributed by atoms with E-state index in [9.17, 15) is 4.79 Å². The van der Waals surface area contributed by atoms with Crippen molar-refractivity contribution in [3.8, 4) is 0 Å². The minimum Gasteiger partial charge on any atom is -0.378 e. The van der Waals surface area contributed by atoms with Gasteiger partial charge in [-0.15, -0.1) is 0 Å². The molecule has 1 aliphatic rings. The van der Waals surface area contributed by atoms with Crippen molar-refractivity contribution in [3.63, 3.8) is 0 Å². The smallest absolute Gasteiger partial charge is 0.270 e. The summed E-state index contributed by atoms with van der Waals surface area (Å²) < 4.78 is 7.04. The summed E-state index contributed by atoms with van der Waals surface area (Å²) in [6.45, 7) is 2.69. The van der Waals surface area contributed by atoms with Gasteiger partial charge in [0, 0.05) is 26.3 Å². The first-order valence-electron chi connectivity index (χ1n) is 4.77. The molecule has 76 valence electrons. The fourth-order valence-corrected chi connectivity index (χ4v) is 1.61. The fraction of sp³-hybridized carbons (Fsp3) is 0.500. The third-order valence-electron chi connectivity index (χ3n) is 2.46. The predicted molar refractivity (Wildman–Crippen MR) is 52.1 cm³/mol. The van der Waals surface area contributed by atoms with Gasteiger partial charge in [-0.25, -0.2) is 0 Å². The van der Waals surface area contributed by atoms with Crippen LogP contribution >= 0.6 is 0 Å². The highest BCUT2D eigenvalue weighted by atomic mass is 16.5. The number of aryl methyl sites for hydroxylation is 1. The maximum atomic E-state index is 11.9. The van der Waals surface area contributed by atoms with Gasteiger partial charge in [0.2, 0.25) is 0 Å². The molecule has 1 saturated heterocycles. The molecular weight excluding hydrogens is 180 g/mol. The van der Waals surface area contributed by atoms with E-state index in [1.807, 2.05) is 34.8 Å². The minimum absolute atomic E-state index is 0.0980. The van der Waals surface area contributed by atoms with Crippen molar-refractivity contribution in [3.05, 3.63) is 24.0 Å². The lowest BCUT2D eigenvalue weighted by molar-refractivity contribution is 0.0296. The molecule has 0 aromatic carbocycles. The number of aromatic nitrogens is 1. The second kappa shape index (κ2) is 3.84. The quantitative estimate of drug-likeness (QED) is 0.652. The van der Waals surface area contributed by atoms with E-state index in [1.54, 1.807) is 0 Å². The number of nitrogens with zero attached hydrogens (tertiary/aromatic N) is 2. The molecule has 0 N–H and O–H groups in total. The van der Waals surface area contributed by atoms with E-state index in [4.69, 9.17) is 4.74 Å². The van der Waals surface area contributed by atoms with Crippen LogP contribution in [0.25, 0.3) is 0 Å². The normalized spacial score (nSPS) is 17.1. The lowest BCUT2D eigenvalue weighted by atomic mass is 10.3. The third kappa shape index (κ3) is 1.65. The minimum atomic E-state index is 0.0980. The van der Waals surface area contributed by atoms with E-state index in [2.05, 4.69) is 0 Å². The Balaban J connectivity index is 2.11. The van der Waals surface area contributed by atoms with Gasteiger partial charge in [-0.05, 0) is 12.1 Å². The van der Waals surface area contributed by atoms with Crippen LogP contribution in [0.2, 0.25) is 0 Å². The average molecular weight is 194 g/mol. The van der Waals surface area contributed by atoms with Crippen molar-refractivity contribution in [2.45, 2.75) is 0 Å². The highest BCUT2D eigenvalue weighted by molar-refractivity contribution is 5.92. The van der Waals surface area contributed by atoms with Crippen LogP contribution in [0.4, 0.5) is 0 Å². The molecule has 0 aliphatic carbocycles. The van der Waals surface area contributed by atoms with Crippen LogP contribution in [0.15, 0.2) is 18.3 Å². The van der Waals surface area contributed by atoms with Crippen LogP contribution in [0.5, 0.6) is 0 Å². The van der Waals surface area contributed by atoms with E-state index < -0.39 is 0 Å². The molecule has 0 atom stereocenters. The Bertz CT molecular complexity index is 327. The van der Waals surface area contributed by atoms with Gasteiger partial charge in [0.1, 0.15) is 5.69 Å². The van der Waals surface area contributed by atoms with Crippen molar-refractivity contribution >= 4 is 5.91 Å². The number of hydrogen-bond donors (Lipinski definition) is 0. The molecule has 0 saturated carbocycles. The van der Waals surface area contributed by atoms with E-state index >= 15 is 0 Å². The van der Waals surface area contributed by atoms with Gasteiger partial charge in [-0.1, -0.05) is 0 Å². The van der Waals surface area contributed by atoms with Gasteiger partial charge in [-0.3, -0.25) is 4.79 Å². The molecule has 1 aromatic heterocycles. The van der Waals surface area contributed by atoms with Gasteiger partial charge >= 0.3 is 0 Å². The molecule has 4 heteroatoms. The zero-order valence-corrected chi connectivity index (χ0v) is 8.27. The summed E-state index contributed by atoms with van der Waals surface area (Å²) in [5.74, 6) is 0.0980. The molecule has 0 radical (unpaired) electrons. The fourth-order valence-electron chi connectivity index (χ4n) is 1.61. The van der Waals surface area contributed by atoms with Crippen molar-refractivity contribution in [2.75, 3.05) is 26.3 Å². The molecule has 0 unspecified atom stereocenters.